The molecule has 2 rings (SSSR count). The lowest BCUT2D eigenvalue weighted by Crippen LogP contribution is -2.36. The van der Waals surface area contributed by atoms with Crippen molar-refractivity contribution in [2.75, 3.05) is 25.6 Å². The summed E-state index contributed by atoms with van der Waals surface area (Å²) in [4.78, 5) is 13.8. The number of hydrogen-bond donors (Lipinski definition) is 2. The molecule has 2 amide bonds. The summed E-state index contributed by atoms with van der Waals surface area (Å²) >= 11 is 0. The summed E-state index contributed by atoms with van der Waals surface area (Å²) in [6, 6.07) is 11.4. The Hall–Kier alpha value is -2.94. The molecule has 0 radical (unpaired) electrons. The predicted octanol–water partition coefficient (Wildman–Crippen LogP) is 3.62. The second-order valence-electron chi connectivity index (χ2n) is 5.46. The van der Waals surface area contributed by atoms with Crippen LogP contribution in [0, 0.1) is 0 Å². The second-order valence-corrected chi connectivity index (χ2v) is 5.46. The SMILES string of the molecule is COc1ccccc1CN(CCO)C(=O)Nc1cccc(OC(F)(F)F)c1. The van der Waals surface area contributed by atoms with Gasteiger partial charge in [0.25, 0.3) is 0 Å². The Morgan fingerprint density at radius 3 is 2.59 bits per heavy atom. The Kier molecular flexibility index (Phi) is 6.89. The Labute approximate surface area is 154 Å². The number of ether oxygens (including phenoxy) is 2. The molecule has 0 atom stereocenters. The van der Waals surface area contributed by atoms with Crippen LogP contribution in [0.3, 0.4) is 0 Å². The molecule has 146 valence electrons. The highest BCUT2D eigenvalue weighted by Gasteiger charge is 2.31. The van der Waals surface area contributed by atoms with E-state index in [4.69, 9.17) is 4.74 Å². The quantitative estimate of drug-likeness (QED) is 0.765. The van der Waals surface area contributed by atoms with Crippen LogP contribution in [-0.4, -0.2) is 42.7 Å². The Morgan fingerprint density at radius 2 is 1.93 bits per heavy atom. The largest absolute Gasteiger partial charge is 0.573 e. The predicted molar refractivity (Wildman–Crippen MR) is 92.6 cm³/mol. The molecule has 9 heteroatoms. The van der Waals surface area contributed by atoms with Crippen molar-refractivity contribution in [1.29, 1.82) is 0 Å². The van der Waals surface area contributed by atoms with E-state index in [-0.39, 0.29) is 25.4 Å². The first-order valence-electron chi connectivity index (χ1n) is 7.97. The van der Waals surface area contributed by atoms with E-state index < -0.39 is 18.1 Å². The summed E-state index contributed by atoms with van der Waals surface area (Å²) in [6.07, 6.45) is -4.82. The van der Waals surface area contributed by atoms with E-state index in [0.29, 0.717) is 5.75 Å². The molecule has 0 saturated heterocycles. The topological polar surface area (TPSA) is 71.0 Å². The number of aliphatic hydroxyl groups is 1. The van der Waals surface area contributed by atoms with Crippen LogP contribution < -0.4 is 14.8 Å². The number of amides is 2. The van der Waals surface area contributed by atoms with Crippen molar-refractivity contribution in [3.8, 4) is 11.5 Å². The van der Waals surface area contributed by atoms with Gasteiger partial charge in [-0.1, -0.05) is 24.3 Å². The number of carbonyl (C=O) groups excluding carboxylic acids is 1. The van der Waals surface area contributed by atoms with E-state index in [0.717, 1.165) is 17.7 Å². The number of hydrogen-bond acceptors (Lipinski definition) is 4. The molecule has 2 N–H and O–H groups in total. The minimum absolute atomic E-state index is 0.0304. The zero-order valence-corrected chi connectivity index (χ0v) is 14.5. The fraction of sp³-hybridized carbons (Fsp3) is 0.278. The molecular formula is C18H19F3N2O4. The number of alkyl halides is 3. The number of halogens is 3. The van der Waals surface area contributed by atoms with Gasteiger partial charge in [-0.3, -0.25) is 0 Å². The van der Waals surface area contributed by atoms with Gasteiger partial charge >= 0.3 is 12.4 Å². The van der Waals surface area contributed by atoms with Gasteiger partial charge in [0.15, 0.2) is 0 Å². The maximum Gasteiger partial charge on any atom is 0.573 e. The second kappa shape index (κ2) is 9.13. The fourth-order valence-corrected chi connectivity index (χ4v) is 2.39. The van der Waals surface area contributed by atoms with Gasteiger partial charge in [-0.2, -0.15) is 0 Å². The number of nitrogens with zero attached hydrogens (tertiary/aromatic N) is 1. The summed E-state index contributed by atoms with van der Waals surface area (Å²) < 4.78 is 46.0. The molecule has 2 aromatic rings. The number of anilines is 1. The van der Waals surface area contributed by atoms with E-state index >= 15 is 0 Å². The molecule has 0 unspecified atom stereocenters. The molecule has 0 heterocycles. The van der Waals surface area contributed by atoms with Crippen molar-refractivity contribution < 1.29 is 32.5 Å². The zero-order chi connectivity index (χ0) is 19.9. The third-order valence-electron chi connectivity index (χ3n) is 3.53. The fourth-order valence-electron chi connectivity index (χ4n) is 2.39. The average Bonchev–Trinajstić information content (AvgIpc) is 2.60. The molecule has 2 aromatic carbocycles. The van der Waals surface area contributed by atoms with E-state index in [9.17, 15) is 23.1 Å². The lowest BCUT2D eigenvalue weighted by Gasteiger charge is -2.23. The van der Waals surface area contributed by atoms with Crippen molar-refractivity contribution in [3.63, 3.8) is 0 Å². The lowest BCUT2D eigenvalue weighted by atomic mass is 10.2. The molecule has 0 bridgehead atoms. The van der Waals surface area contributed by atoms with E-state index in [1.165, 1.54) is 24.1 Å². The van der Waals surface area contributed by atoms with Crippen LogP contribution >= 0.6 is 0 Å². The highest BCUT2D eigenvalue weighted by molar-refractivity contribution is 5.89. The maximum absolute atomic E-state index is 12.5. The first-order chi connectivity index (χ1) is 12.8. The van der Waals surface area contributed by atoms with Gasteiger partial charge < -0.3 is 24.8 Å². The van der Waals surface area contributed by atoms with Gasteiger partial charge in [0, 0.05) is 23.9 Å². The molecule has 0 saturated carbocycles. The van der Waals surface area contributed by atoms with Crippen molar-refractivity contribution in [3.05, 3.63) is 54.1 Å². The number of para-hydroxylation sites is 1. The first kappa shape index (κ1) is 20.4. The van der Waals surface area contributed by atoms with Crippen LogP contribution in [0.15, 0.2) is 48.5 Å². The molecule has 0 spiro atoms. The highest BCUT2D eigenvalue weighted by atomic mass is 19.4. The number of urea groups is 1. The summed E-state index contributed by atoms with van der Waals surface area (Å²) in [7, 11) is 1.50. The molecule has 6 nitrogen and oxygen atoms in total. The number of rotatable bonds is 7. The lowest BCUT2D eigenvalue weighted by molar-refractivity contribution is -0.274. The molecule has 0 fully saturated rings. The standard InChI is InChI=1S/C18H19F3N2O4/c1-26-16-8-3-2-5-13(16)12-23(9-10-24)17(25)22-14-6-4-7-15(11-14)27-18(19,20)21/h2-8,11,24H,9-10,12H2,1H3,(H,22,25). The van der Waals surface area contributed by atoms with Gasteiger partial charge in [0.1, 0.15) is 11.5 Å². The summed E-state index contributed by atoms with van der Waals surface area (Å²) in [5, 5.41) is 11.7. The van der Waals surface area contributed by atoms with Crippen LogP contribution in [0.4, 0.5) is 23.7 Å². The van der Waals surface area contributed by atoms with Crippen molar-refractivity contribution in [2.45, 2.75) is 12.9 Å². The molecule has 0 aliphatic carbocycles. The number of aliphatic hydroxyl groups excluding tert-OH is 1. The van der Waals surface area contributed by atoms with Crippen molar-refractivity contribution >= 4 is 11.7 Å². The van der Waals surface area contributed by atoms with Gasteiger partial charge in [0.2, 0.25) is 0 Å². The van der Waals surface area contributed by atoms with Crippen LogP contribution in [0.2, 0.25) is 0 Å². The van der Waals surface area contributed by atoms with Gasteiger partial charge in [-0.25, -0.2) is 4.79 Å². The van der Waals surface area contributed by atoms with Gasteiger partial charge in [-0.05, 0) is 18.2 Å². The maximum atomic E-state index is 12.5. The first-order valence-corrected chi connectivity index (χ1v) is 7.97. The van der Waals surface area contributed by atoms with Crippen LogP contribution in [0.5, 0.6) is 11.5 Å². The zero-order valence-electron chi connectivity index (χ0n) is 14.5. The Bertz CT molecular complexity index is 768. The highest BCUT2D eigenvalue weighted by Crippen LogP contribution is 2.25. The summed E-state index contributed by atoms with van der Waals surface area (Å²) in [5.41, 5.74) is 0.850. The van der Waals surface area contributed by atoms with E-state index in [2.05, 4.69) is 10.1 Å². The molecule has 27 heavy (non-hydrogen) atoms. The number of carbonyl (C=O) groups is 1. The van der Waals surface area contributed by atoms with Crippen LogP contribution in [0.1, 0.15) is 5.56 Å². The number of benzene rings is 2. The van der Waals surface area contributed by atoms with Gasteiger partial charge in [-0.15, -0.1) is 13.2 Å². The molecule has 0 aliphatic heterocycles. The van der Waals surface area contributed by atoms with Crippen LogP contribution in [0.25, 0.3) is 0 Å². The Morgan fingerprint density at radius 1 is 1.19 bits per heavy atom. The normalized spacial score (nSPS) is 11.0. The summed E-state index contributed by atoms with van der Waals surface area (Å²) in [6.45, 7) is -0.0996. The van der Waals surface area contributed by atoms with Crippen molar-refractivity contribution in [2.24, 2.45) is 0 Å². The van der Waals surface area contributed by atoms with Crippen LogP contribution in [-0.2, 0) is 6.54 Å². The monoisotopic (exact) mass is 384 g/mol. The minimum atomic E-state index is -4.82. The van der Waals surface area contributed by atoms with E-state index in [1.807, 2.05) is 0 Å². The smallest absolute Gasteiger partial charge is 0.496 e. The third kappa shape index (κ3) is 6.37. The third-order valence-corrected chi connectivity index (χ3v) is 3.53. The van der Waals surface area contributed by atoms with E-state index in [1.54, 1.807) is 24.3 Å². The number of nitrogens with one attached hydrogen (secondary N) is 1. The summed E-state index contributed by atoms with van der Waals surface area (Å²) in [5.74, 6) is 0.132. The molecular weight excluding hydrogens is 365 g/mol. The van der Waals surface area contributed by atoms with Gasteiger partial charge in [0.05, 0.1) is 20.3 Å². The Balaban J connectivity index is 2.12. The molecule has 0 aliphatic rings. The molecule has 0 aromatic heterocycles. The van der Waals surface area contributed by atoms with Crippen molar-refractivity contribution in [1.82, 2.24) is 4.90 Å². The number of methoxy groups -OCH3 is 1. The average molecular weight is 384 g/mol. The minimum Gasteiger partial charge on any atom is -0.496 e.